The van der Waals surface area contributed by atoms with Crippen LogP contribution in [0.2, 0.25) is 0 Å². The maximum Gasteiger partial charge on any atom is -0.00685 e. The summed E-state index contributed by atoms with van der Waals surface area (Å²) >= 11 is 0. The highest BCUT2D eigenvalue weighted by atomic mass is 14.4. The molecular weight excluding hydrogens is 180 g/mol. The predicted octanol–water partition coefficient (Wildman–Crippen LogP) is 4.41. The predicted molar refractivity (Wildman–Crippen MR) is 67.8 cm³/mol. The van der Waals surface area contributed by atoms with Gasteiger partial charge in [0.05, 0.1) is 0 Å². The zero-order valence-corrected chi connectivity index (χ0v) is 9.59. The highest BCUT2D eigenvalue weighted by Crippen LogP contribution is 2.49. The molecule has 0 amide bonds. The normalized spacial score (nSPS) is 18.0. The van der Waals surface area contributed by atoms with Crippen molar-refractivity contribution in [1.29, 1.82) is 0 Å². The summed E-state index contributed by atoms with van der Waals surface area (Å²) in [5.41, 5.74) is 4.51. The van der Waals surface area contributed by atoms with Gasteiger partial charge in [0.15, 0.2) is 0 Å². The van der Waals surface area contributed by atoms with Crippen molar-refractivity contribution in [2.45, 2.75) is 32.1 Å². The molecule has 0 unspecified atom stereocenters. The highest BCUT2D eigenvalue weighted by molar-refractivity contribution is 5.68. The molecule has 15 heavy (non-hydrogen) atoms. The summed E-state index contributed by atoms with van der Waals surface area (Å²) in [7, 11) is 0. The highest BCUT2D eigenvalue weighted by Gasteiger charge is 2.40. The summed E-state index contributed by atoms with van der Waals surface area (Å²) in [4.78, 5) is 0. The van der Waals surface area contributed by atoms with Crippen molar-refractivity contribution in [3.8, 4) is 0 Å². The molecule has 0 atom stereocenters. The fourth-order valence-electron chi connectivity index (χ4n) is 2.10. The molecule has 1 aliphatic rings. The zero-order valence-electron chi connectivity index (χ0n) is 9.59. The Hall–Kier alpha value is -1.30. The van der Waals surface area contributed by atoms with Crippen molar-refractivity contribution in [2.75, 3.05) is 0 Å². The third-order valence-electron chi connectivity index (χ3n) is 3.34. The van der Waals surface area contributed by atoms with E-state index in [9.17, 15) is 0 Å². The molecule has 1 aromatic carbocycles. The zero-order chi connectivity index (χ0) is 10.9. The van der Waals surface area contributed by atoms with Crippen LogP contribution in [-0.2, 0) is 5.41 Å². The molecule has 1 aliphatic carbocycles. The van der Waals surface area contributed by atoms with Crippen LogP contribution in [0.25, 0.3) is 12.2 Å². The third kappa shape index (κ3) is 1.77. The van der Waals surface area contributed by atoms with Gasteiger partial charge in [-0.1, -0.05) is 49.9 Å². The Morgan fingerprint density at radius 3 is 2.60 bits per heavy atom. The van der Waals surface area contributed by atoms with Gasteiger partial charge in [-0.3, -0.25) is 0 Å². The molecule has 1 saturated carbocycles. The lowest BCUT2D eigenvalue weighted by molar-refractivity contribution is 0.785. The van der Waals surface area contributed by atoms with Gasteiger partial charge in [0.1, 0.15) is 0 Å². The van der Waals surface area contributed by atoms with Crippen molar-refractivity contribution in [3.63, 3.8) is 0 Å². The first-order chi connectivity index (χ1) is 7.21. The van der Waals surface area contributed by atoms with Gasteiger partial charge in [-0.05, 0) is 41.9 Å². The standard InChI is InChI=1S/C15H18/c1-4-7-13-12(5-2)8-6-9-14(13)15(3)10-11-15/h4-9H,2,10-11H2,1,3H3/b7-4-. The van der Waals surface area contributed by atoms with Crippen LogP contribution in [-0.4, -0.2) is 0 Å². The molecule has 0 aromatic heterocycles. The minimum atomic E-state index is 0.424. The second-order valence-electron chi connectivity index (χ2n) is 4.57. The molecule has 0 heteroatoms. The Morgan fingerprint density at radius 1 is 1.33 bits per heavy atom. The second kappa shape index (κ2) is 3.69. The monoisotopic (exact) mass is 198 g/mol. The minimum absolute atomic E-state index is 0.424. The van der Waals surface area contributed by atoms with Gasteiger partial charge < -0.3 is 0 Å². The summed E-state index contributed by atoms with van der Waals surface area (Å²) in [5.74, 6) is 0. The summed E-state index contributed by atoms with van der Waals surface area (Å²) in [6.45, 7) is 8.30. The summed E-state index contributed by atoms with van der Waals surface area (Å²) < 4.78 is 0. The minimum Gasteiger partial charge on any atom is -0.0984 e. The van der Waals surface area contributed by atoms with E-state index in [0.29, 0.717) is 5.41 Å². The lowest BCUT2D eigenvalue weighted by Crippen LogP contribution is -2.03. The quantitative estimate of drug-likeness (QED) is 0.674. The molecule has 0 spiro atoms. The first kappa shape index (κ1) is 10.2. The average molecular weight is 198 g/mol. The van der Waals surface area contributed by atoms with E-state index in [0.717, 1.165) is 0 Å². The summed E-state index contributed by atoms with van der Waals surface area (Å²) in [5, 5.41) is 0. The van der Waals surface area contributed by atoms with Crippen molar-refractivity contribution in [2.24, 2.45) is 0 Å². The number of hydrogen-bond acceptors (Lipinski definition) is 0. The van der Waals surface area contributed by atoms with E-state index in [-0.39, 0.29) is 0 Å². The molecule has 0 heterocycles. The van der Waals surface area contributed by atoms with Crippen LogP contribution in [0.3, 0.4) is 0 Å². The van der Waals surface area contributed by atoms with Crippen molar-refractivity contribution in [3.05, 3.63) is 47.5 Å². The Kier molecular flexibility index (Phi) is 2.52. The topological polar surface area (TPSA) is 0 Å². The van der Waals surface area contributed by atoms with Crippen LogP contribution >= 0.6 is 0 Å². The van der Waals surface area contributed by atoms with Crippen LogP contribution in [0.1, 0.15) is 43.4 Å². The Labute approximate surface area is 92.3 Å². The third-order valence-corrected chi connectivity index (χ3v) is 3.34. The Bertz CT molecular complexity index is 406. The summed E-state index contributed by atoms with van der Waals surface area (Å²) in [6.07, 6.45) is 8.90. The van der Waals surface area contributed by atoms with Crippen molar-refractivity contribution in [1.82, 2.24) is 0 Å². The number of hydrogen-bond donors (Lipinski definition) is 0. The van der Waals surface area contributed by atoms with Crippen LogP contribution < -0.4 is 0 Å². The number of allylic oxidation sites excluding steroid dienone is 1. The van der Waals surface area contributed by atoms with Gasteiger partial charge in [0.2, 0.25) is 0 Å². The average Bonchev–Trinajstić information content (AvgIpc) is 2.98. The number of rotatable bonds is 3. The van der Waals surface area contributed by atoms with E-state index in [1.54, 1.807) is 0 Å². The van der Waals surface area contributed by atoms with Gasteiger partial charge in [-0.15, -0.1) is 0 Å². The fourth-order valence-corrected chi connectivity index (χ4v) is 2.10. The molecule has 1 fully saturated rings. The van der Waals surface area contributed by atoms with E-state index in [4.69, 9.17) is 0 Å². The molecule has 1 aromatic rings. The maximum atomic E-state index is 3.88. The van der Waals surface area contributed by atoms with Gasteiger partial charge in [0.25, 0.3) is 0 Å². The van der Waals surface area contributed by atoms with Crippen LogP contribution in [0.4, 0.5) is 0 Å². The first-order valence-electron chi connectivity index (χ1n) is 5.60. The molecule has 0 bridgehead atoms. The molecular formula is C15H18. The molecule has 0 aliphatic heterocycles. The van der Waals surface area contributed by atoms with E-state index in [1.165, 1.54) is 29.5 Å². The molecule has 0 radical (unpaired) electrons. The van der Waals surface area contributed by atoms with Crippen molar-refractivity contribution >= 4 is 12.2 Å². The van der Waals surface area contributed by atoms with E-state index in [1.807, 2.05) is 6.08 Å². The van der Waals surface area contributed by atoms with Crippen LogP contribution in [0.15, 0.2) is 30.9 Å². The van der Waals surface area contributed by atoms with Gasteiger partial charge in [-0.2, -0.15) is 0 Å². The SMILES string of the molecule is C=Cc1cccc(C2(C)CC2)c1/C=C\C. The molecule has 0 N–H and O–H groups in total. The van der Waals surface area contributed by atoms with E-state index < -0.39 is 0 Å². The van der Waals surface area contributed by atoms with Gasteiger partial charge in [0, 0.05) is 0 Å². The van der Waals surface area contributed by atoms with Crippen LogP contribution in [0.5, 0.6) is 0 Å². The Morgan fingerprint density at radius 2 is 2.07 bits per heavy atom. The Balaban J connectivity index is 2.57. The number of benzene rings is 1. The largest absolute Gasteiger partial charge is 0.0984 e. The second-order valence-corrected chi connectivity index (χ2v) is 4.57. The maximum absolute atomic E-state index is 3.88. The summed E-state index contributed by atoms with van der Waals surface area (Å²) in [6, 6.07) is 6.54. The molecule has 78 valence electrons. The lowest BCUT2D eigenvalue weighted by atomic mass is 9.90. The molecule has 0 nitrogen and oxygen atoms in total. The van der Waals surface area contributed by atoms with E-state index in [2.05, 4.69) is 50.8 Å². The first-order valence-corrected chi connectivity index (χ1v) is 5.60. The van der Waals surface area contributed by atoms with Gasteiger partial charge >= 0.3 is 0 Å². The van der Waals surface area contributed by atoms with Crippen LogP contribution in [0, 0.1) is 0 Å². The molecule has 0 saturated heterocycles. The van der Waals surface area contributed by atoms with E-state index >= 15 is 0 Å². The molecule has 2 rings (SSSR count). The lowest BCUT2D eigenvalue weighted by Gasteiger charge is -2.15. The fraction of sp³-hybridized carbons (Fsp3) is 0.333. The van der Waals surface area contributed by atoms with Gasteiger partial charge in [-0.25, -0.2) is 0 Å². The van der Waals surface area contributed by atoms with Crippen molar-refractivity contribution < 1.29 is 0 Å². The smallest absolute Gasteiger partial charge is 0.00685 e.